The molecule has 0 nitrogen and oxygen atoms in total. The molecule has 0 aromatic rings. The summed E-state index contributed by atoms with van der Waals surface area (Å²) < 4.78 is 6.87. The molecule has 0 aliphatic rings. The van der Waals surface area contributed by atoms with Crippen molar-refractivity contribution in [1.82, 2.24) is 0 Å². The fourth-order valence-corrected chi connectivity index (χ4v) is 19.5. The number of unbranched alkanes of at least 4 members (excludes halogenated alkanes) is 7. The molecule has 0 heterocycles. The van der Waals surface area contributed by atoms with Crippen molar-refractivity contribution in [2.75, 3.05) is 0 Å². The van der Waals surface area contributed by atoms with E-state index in [0.717, 1.165) is 0 Å². The van der Waals surface area contributed by atoms with E-state index in [4.69, 9.17) is 0 Å². The second kappa shape index (κ2) is 14.7. The summed E-state index contributed by atoms with van der Waals surface area (Å²) in [5.74, 6) is 0. The molecule has 122 valence electrons. The van der Waals surface area contributed by atoms with Crippen LogP contribution >= 0.6 is 0 Å². The minimum absolute atomic E-state index is 1.40. The van der Waals surface area contributed by atoms with Gasteiger partial charge >= 0.3 is 134 Å². The Bertz CT molecular complexity index is 162. The van der Waals surface area contributed by atoms with E-state index in [1.807, 2.05) is 0 Å². The molecule has 0 rings (SSSR count). The Morgan fingerprint density at radius 2 is 0.700 bits per heavy atom. The van der Waals surface area contributed by atoms with Crippen LogP contribution in [0.1, 0.15) is 98.3 Å². The molecule has 0 saturated carbocycles. The summed E-state index contributed by atoms with van der Waals surface area (Å²) in [6.07, 6.45) is 16.3. The van der Waals surface area contributed by atoms with Gasteiger partial charge in [-0.3, -0.25) is 0 Å². The molecule has 0 aromatic carbocycles. The summed E-state index contributed by atoms with van der Waals surface area (Å²) in [6, 6.07) is 0. The van der Waals surface area contributed by atoms with Crippen LogP contribution in [0.25, 0.3) is 0 Å². The monoisotopic (exact) mass is 390 g/mol. The molecule has 0 bridgehead atoms. The van der Waals surface area contributed by atoms with E-state index >= 15 is 0 Å². The van der Waals surface area contributed by atoms with E-state index in [2.05, 4.69) is 27.7 Å². The van der Waals surface area contributed by atoms with Crippen molar-refractivity contribution < 1.29 is 0 Å². The fourth-order valence-electron chi connectivity index (χ4n) is 3.55. The van der Waals surface area contributed by atoms with Crippen LogP contribution in [0.5, 0.6) is 0 Å². The Labute approximate surface area is 134 Å². The third kappa shape index (κ3) is 10.5. The molecular weight excluding hydrogens is 347 g/mol. The van der Waals surface area contributed by atoms with Crippen LogP contribution in [0.15, 0.2) is 0 Å². The van der Waals surface area contributed by atoms with Gasteiger partial charge in [0.05, 0.1) is 0 Å². The summed E-state index contributed by atoms with van der Waals surface area (Å²) in [4.78, 5) is 0. The molecule has 0 aromatic heterocycles. The number of rotatable bonds is 15. The summed E-state index contributed by atoms with van der Waals surface area (Å²) in [5, 5.41) is 0. The normalized spacial score (nSPS) is 12.0. The van der Waals surface area contributed by atoms with E-state index in [9.17, 15) is 0 Å². The van der Waals surface area contributed by atoms with Gasteiger partial charge in [0.2, 0.25) is 0 Å². The zero-order chi connectivity index (χ0) is 15.1. The van der Waals surface area contributed by atoms with Crippen molar-refractivity contribution in [3.8, 4) is 0 Å². The molecule has 20 heavy (non-hydrogen) atoms. The fraction of sp³-hybridized carbons (Fsp3) is 1.00. The molecule has 0 spiro atoms. The molecule has 0 aliphatic carbocycles. The van der Waals surface area contributed by atoms with E-state index < -0.39 is 18.4 Å². The third-order valence-electron chi connectivity index (χ3n) is 4.99. The van der Waals surface area contributed by atoms with Gasteiger partial charge in [0.15, 0.2) is 0 Å². The van der Waals surface area contributed by atoms with Crippen molar-refractivity contribution in [3.05, 3.63) is 0 Å². The van der Waals surface area contributed by atoms with Crippen molar-refractivity contribution >= 4 is 18.4 Å². The van der Waals surface area contributed by atoms with Gasteiger partial charge in [-0.15, -0.1) is 0 Å². The average Bonchev–Trinajstić information content (AvgIpc) is 2.46. The molecule has 0 amide bonds. The average molecular weight is 389 g/mol. The minimum atomic E-state index is -1.76. The Kier molecular flexibility index (Phi) is 15.3. The molecule has 1 heteroatoms. The summed E-state index contributed by atoms with van der Waals surface area (Å²) >= 11 is -1.76. The SMILES string of the molecule is CCCC[CH2][Sn]([CH2]CCC)([CH2]CCCC)[CH2]CCCC. The van der Waals surface area contributed by atoms with Gasteiger partial charge in [-0.05, 0) is 0 Å². The summed E-state index contributed by atoms with van der Waals surface area (Å²) in [6.45, 7) is 9.47. The molecule has 0 aliphatic heterocycles. The van der Waals surface area contributed by atoms with Gasteiger partial charge in [0.1, 0.15) is 0 Å². The van der Waals surface area contributed by atoms with E-state index in [1.54, 1.807) is 43.4 Å². The molecule has 0 N–H and O–H groups in total. The standard InChI is InChI=1S/3C5H11.C4H9.Sn/c3*1-3-5-4-2;1-3-4-2;/h3*1,3-5H2,2H3;1,3-4H2,2H3;. The quantitative estimate of drug-likeness (QED) is 0.198. The Morgan fingerprint density at radius 1 is 0.400 bits per heavy atom. The zero-order valence-electron chi connectivity index (χ0n) is 15.1. The van der Waals surface area contributed by atoms with Gasteiger partial charge in [-0.2, -0.15) is 0 Å². The first kappa shape index (κ1) is 20.8. The van der Waals surface area contributed by atoms with Crippen LogP contribution < -0.4 is 0 Å². The first-order chi connectivity index (χ1) is 9.74. The Morgan fingerprint density at radius 3 is 1.00 bits per heavy atom. The van der Waals surface area contributed by atoms with Crippen molar-refractivity contribution in [1.29, 1.82) is 0 Å². The van der Waals surface area contributed by atoms with Crippen molar-refractivity contribution in [2.45, 2.75) is 116 Å². The van der Waals surface area contributed by atoms with Crippen LogP contribution in [-0.4, -0.2) is 18.4 Å². The van der Waals surface area contributed by atoms with E-state index in [1.165, 1.54) is 44.9 Å². The van der Waals surface area contributed by atoms with Gasteiger partial charge in [-0.25, -0.2) is 0 Å². The van der Waals surface area contributed by atoms with Gasteiger partial charge in [-0.1, -0.05) is 0 Å². The first-order valence-electron chi connectivity index (χ1n) is 9.74. The van der Waals surface area contributed by atoms with Crippen molar-refractivity contribution in [3.63, 3.8) is 0 Å². The maximum absolute atomic E-state index is 2.39. The van der Waals surface area contributed by atoms with Crippen LogP contribution in [0.2, 0.25) is 17.7 Å². The second-order valence-corrected chi connectivity index (χ2v) is 21.2. The van der Waals surface area contributed by atoms with Crippen LogP contribution in [0, 0.1) is 0 Å². The summed E-state index contributed by atoms with van der Waals surface area (Å²) in [7, 11) is 0. The van der Waals surface area contributed by atoms with E-state index in [-0.39, 0.29) is 0 Å². The third-order valence-corrected chi connectivity index (χ3v) is 21.1. The van der Waals surface area contributed by atoms with E-state index in [0.29, 0.717) is 0 Å². The van der Waals surface area contributed by atoms with Crippen LogP contribution in [-0.2, 0) is 0 Å². The Balaban J connectivity index is 4.48. The second-order valence-electron chi connectivity index (χ2n) is 6.97. The van der Waals surface area contributed by atoms with Crippen LogP contribution in [0.4, 0.5) is 0 Å². The summed E-state index contributed by atoms with van der Waals surface area (Å²) in [5.41, 5.74) is 0. The predicted octanol–water partition coefficient (Wildman–Crippen LogP) is 7.81. The number of hydrogen-bond acceptors (Lipinski definition) is 0. The van der Waals surface area contributed by atoms with Gasteiger partial charge < -0.3 is 0 Å². The molecular formula is C19H42Sn. The topological polar surface area (TPSA) is 0 Å². The zero-order valence-corrected chi connectivity index (χ0v) is 18.0. The molecule has 0 atom stereocenters. The van der Waals surface area contributed by atoms with Crippen LogP contribution in [0.3, 0.4) is 0 Å². The Hall–Kier alpha value is 0.799. The number of hydrogen-bond donors (Lipinski definition) is 0. The maximum atomic E-state index is 2.39. The van der Waals surface area contributed by atoms with Crippen molar-refractivity contribution in [2.24, 2.45) is 0 Å². The molecule has 0 unspecified atom stereocenters. The molecule has 0 fully saturated rings. The van der Waals surface area contributed by atoms with Gasteiger partial charge in [0, 0.05) is 0 Å². The molecule has 0 radical (unpaired) electrons. The molecule has 0 saturated heterocycles. The van der Waals surface area contributed by atoms with Gasteiger partial charge in [0.25, 0.3) is 0 Å². The first-order valence-corrected chi connectivity index (χ1v) is 17.8. The predicted molar refractivity (Wildman–Crippen MR) is 98.5 cm³/mol.